The largest absolute Gasteiger partial charge is 0.338 e. The van der Waals surface area contributed by atoms with Crippen LogP contribution >= 0.6 is 0 Å². The average Bonchev–Trinajstić information content (AvgIpc) is 2.80. The van der Waals surface area contributed by atoms with E-state index in [2.05, 4.69) is 18.3 Å². The maximum Gasteiger partial charge on any atom is 0.224 e. The molecule has 76 valence electrons. The molecule has 1 amide bonds. The minimum absolute atomic E-state index is 0.105. The van der Waals surface area contributed by atoms with Gasteiger partial charge in [0.15, 0.2) is 0 Å². The Balaban J connectivity index is 1.88. The summed E-state index contributed by atoms with van der Waals surface area (Å²) >= 11 is 0. The molecule has 0 bridgehead atoms. The zero-order chi connectivity index (χ0) is 10.2. The predicted molar refractivity (Wildman–Crippen MR) is 52.2 cm³/mol. The summed E-state index contributed by atoms with van der Waals surface area (Å²) in [4.78, 5) is 11.7. The van der Waals surface area contributed by atoms with Crippen molar-refractivity contribution in [2.75, 3.05) is 0 Å². The smallest absolute Gasteiger partial charge is 0.224 e. The highest BCUT2D eigenvalue weighted by atomic mass is 16.2. The van der Waals surface area contributed by atoms with Crippen LogP contribution in [0.3, 0.4) is 0 Å². The van der Waals surface area contributed by atoms with Crippen molar-refractivity contribution in [3.8, 4) is 6.07 Å². The maximum atomic E-state index is 11.7. The number of nitriles is 1. The van der Waals surface area contributed by atoms with Crippen molar-refractivity contribution in [1.82, 2.24) is 5.32 Å². The Kier molecular flexibility index (Phi) is 2.22. The van der Waals surface area contributed by atoms with Gasteiger partial charge in [-0.15, -0.1) is 0 Å². The predicted octanol–water partition coefficient (Wildman–Crippen LogP) is 1.59. The van der Waals surface area contributed by atoms with E-state index < -0.39 is 5.54 Å². The standard InChI is InChI=1S/C11H16N2O/c1-8-2-3-9(6-8)10(14)13-11(7-12)4-5-11/h8-9H,2-6H2,1H3,(H,13,14)/t8?,9-/m0/s1. The molecule has 0 saturated heterocycles. The van der Waals surface area contributed by atoms with Crippen LogP contribution in [0.1, 0.15) is 39.0 Å². The summed E-state index contributed by atoms with van der Waals surface area (Å²) in [5, 5.41) is 11.7. The second-order valence-electron chi connectivity index (χ2n) is 4.80. The average molecular weight is 192 g/mol. The van der Waals surface area contributed by atoms with Gasteiger partial charge in [-0.25, -0.2) is 0 Å². The van der Waals surface area contributed by atoms with E-state index in [1.54, 1.807) is 0 Å². The fourth-order valence-corrected chi connectivity index (χ4v) is 2.17. The van der Waals surface area contributed by atoms with Crippen molar-refractivity contribution < 1.29 is 4.79 Å². The van der Waals surface area contributed by atoms with Gasteiger partial charge in [-0.05, 0) is 38.0 Å². The Morgan fingerprint density at radius 1 is 1.50 bits per heavy atom. The first-order valence-corrected chi connectivity index (χ1v) is 5.38. The van der Waals surface area contributed by atoms with E-state index in [-0.39, 0.29) is 11.8 Å². The molecule has 2 aliphatic rings. The monoisotopic (exact) mass is 192 g/mol. The van der Waals surface area contributed by atoms with Gasteiger partial charge in [0.2, 0.25) is 5.91 Å². The number of hydrogen-bond donors (Lipinski definition) is 1. The Morgan fingerprint density at radius 3 is 2.64 bits per heavy atom. The maximum absolute atomic E-state index is 11.7. The summed E-state index contributed by atoms with van der Waals surface area (Å²) < 4.78 is 0. The van der Waals surface area contributed by atoms with Crippen LogP contribution in [0, 0.1) is 23.2 Å². The molecule has 3 heteroatoms. The van der Waals surface area contributed by atoms with Crippen LogP contribution in [0.15, 0.2) is 0 Å². The van der Waals surface area contributed by atoms with Crippen molar-refractivity contribution in [1.29, 1.82) is 5.26 Å². The molecule has 0 heterocycles. The highest BCUT2D eigenvalue weighted by Gasteiger charge is 2.45. The van der Waals surface area contributed by atoms with E-state index in [4.69, 9.17) is 5.26 Å². The first-order chi connectivity index (χ1) is 6.65. The third-order valence-corrected chi connectivity index (χ3v) is 3.39. The van der Waals surface area contributed by atoms with E-state index in [0.717, 1.165) is 32.1 Å². The molecule has 2 atom stereocenters. The van der Waals surface area contributed by atoms with Gasteiger partial charge in [0.05, 0.1) is 6.07 Å². The van der Waals surface area contributed by atoms with Crippen molar-refractivity contribution in [3.05, 3.63) is 0 Å². The third-order valence-electron chi connectivity index (χ3n) is 3.39. The molecule has 3 nitrogen and oxygen atoms in total. The normalized spacial score (nSPS) is 33.4. The lowest BCUT2D eigenvalue weighted by Gasteiger charge is -2.13. The Hall–Kier alpha value is -1.04. The van der Waals surface area contributed by atoms with Crippen molar-refractivity contribution in [2.24, 2.45) is 11.8 Å². The molecule has 2 fully saturated rings. The molecule has 2 aliphatic carbocycles. The van der Waals surface area contributed by atoms with Crippen LogP contribution in [-0.2, 0) is 4.79 Å². The van der Waals surface area contributed by atoms with Gasteiger partial charge in [-0.3, -0.25) is 4.79 Å². The molecule has 0 radical (unpaired) electrons. The molecule has 2 rings (SSSR count). The van der Waals surface area contributed by atoms with Gasteiger partial charge in [0, 0.05) is 5.92 Å². The molecule has 1 unspecified atom stereocenters. The minimum atomic E-state index is -0.483. The number of nitrogens with one attached hydrogen (secondary N) is 1. The Morgan fingerprint density at radius 2 is 2.21 bits per heavy atom. The van der Waals surface area contributed by atoms with Crippen molar-refractivity contribution in [3.63, 3.8) is 0 Å². The van der Waals surface area contributed by atoms with Gasteiger partial charge >= 0.3 is 0 Å². The van der Waals surface area contributed by atoms with Crippen LogP contribution in [0.4, 0.5) is 0 Å². The zero-order valence-corrected chi connectivity index (χ0v) is 8.55. The van der Waals surface area contributed by atoms with Crippen LogP contribution in [0.25, 0.3) is 0 Å². The fourth-order valence-electron chi connectivity index (χ4n) is 2.17. The van der Waals surface area contributed by atoms with Gasteiger partial charge in [-0.1, -0.05) is 6.92 Å². The molecule has 0 aromatic rings. The molecule has 0 aromatic heterocycles. The Labute approximate surface area is 84.5 Å². The van der Waals surface area contributed by atoms with E-state index in [1.165, 1.54) is 0 Å². The molecule has 1 N–H and O–H groups in total. The number of carbonyl (C=O) groups excluding carboxylic acids is 1. The molecule has 0 aliphatic heterocycles. The summed E-state index contributed by atoms with van der Waals surface area (Å²) in [7, 11) is 0. The number of rotatable bonds is 2. The quantitative estimate of drug-likeness (QED) is 0.722. The topological polar surface area (TPSA) is 52.9 Å². The molecule has 14 heavy (non-hydrogen) atoms. The molecule has 0 spiro atoms. The molecule has 2 saturated carbocycles. The first kappa shape index (κ1) is 9.51. The summed E-state index contributed by atoms with van der Waals surface area (Å²) in [5.74, 6) is 0.937. The summed E-state index contributed by atoms with van der Waals surface area (Å²) in [5.41, 5.74) is -0.483. The van der Waals surface area contributed by atoms with Gasteiger partial charge < -0.3 is 5.32 Å². The molecular formula is C11H16N2O. The number of nitrogens with zero attached hydrogens (tertiary/aromatic N) is 1. The third kappa shape index (κ3) is 1.75. The van der Waals surface area contributed by atoms with Crippen LogP contribution in [0.2, 0.25) is 0 Å². The lowest BCUT2D eigenvalue weighted by Crippen LogP contribution is -2.39. The molecular weight excluding hydrogens is 176 g/mol. The minimum Gasteiger partial charge on any atom is -0.338 e. The second-order valence-corrected chi connectivity index (χ2v) is 4.80. The van der Waals surface area contributed by atoms with Crippen molar-refractivity contribution >= 4 is 5.91 Å². The highest BCUT2D eigenvalue weighted by molar-refractivity contribution is 5.80. The number of amides is 1. The van der Waals surface area contributed by atoms with Gasteiger partial charge in [0.25, 0.3) is 0 Å². The first-order valence-electron chi connectivity index (χ1n) is 5.38. The lowest BCUT2D eigenvalue weighted by atomic mass is 10.0. The number of hydrogen-bond acceptors (Lipinski definition) is 2. The van der Waals surface area contributed by atoms with E-state index in [9.17, 15) is 4.79 Å². The summed E-state index contributed by atoms with van der Waals surface area (Å²) in [6.07, 6.45) is 4.80. The molecule has 0 aromatic carbocycles. The summed E-state index contributed by atoms with van der Waals surface area (Å²) in [6, 6.07) is 2.19. The van der Waals surface area contributed by atoms with Crippen LogP contribution in [0.5, 0.6) is 0 Å². The van der Waals surface area contributed by atoms with E-state index >= 15 is 0 Å². The zero-order valence-electron chi connectivity index (χ0n) is 8.55. The van der Waals surface area contributed by atoms with Crippen LogP contribution in [-0.4, -0.2) is 11.4 Å². The highest BCUT2D eigenvalue weighted by Crippen LogP contribution is 2.36. The SMILES string of the molecule is CC1CC[C@H](C(=O)NC2(C#N)CC2)C1. The van der Waals surface area contributed by atoms with Crippen molar-refractivity contribution in [2.45, 2.75) is 44.6 Å². The van der Waals surface area contributed by atoms with Crippen LogP contribution < -0.4 is 5.32 Å². The Bertz CT molecular complexity index is 288. The summed E-state index contributed by atoms with van der Waals surface area (Å²) in [6.45, 7) is 2.18. The van der Waals surface area contributed by atoms with Gasteiger partial charge in [-0.2, -0.15) is 5.26 Å². The van der Waals surface area contributed by atoms with Gasteiger partial charge in [0.1, 0.15) is 5.54 Å². The number of carbonyl (C=O) groups is 1. The second kappa shape index (κ2) is 3.27. The van der Waals surface area contributed by atoms with E-state index in [1.807, 2.05) is 0 Å². The van der Waals surface area contributed by atoms with E-state index in [0.29, 0.717) is 5.92 Å². The fraction of sp³-hybridized carbons (Fsp3) is 0.818. The lowest BCUT2D eigenvalue weighted by molar-refractivity contribution is -0.125.